The molecule has 0 saturated heterocycles. The van der Waals surface area contributed by atoms with E-state index in [0.717, 1.165) is 31.5 Å². The number of aromatic nitrogens is 1. The molecule has 5 N–H and O–H groups in total. The summed E-state index contributed by atoms with van der Waals surface area (Å²) in [6.07, 6.45) is 3.91. The Balaban J connectivity index is 2.11. The molecule has 1 aromatic rings. The highest BCUT2D eigenvalue weighted by molar-refractivity contribution is 5.97. The monoisotopic (exact) mass is 306 g/mol. The van der Waals surface area contributed by atoms with Gasteiger partial charge in [0.05, 0.1) is 5.56 Å². The minimum Gasteiger partial charge on any atom is -0.396 e. The fraction of sp³-hybridized carbons (Fsp3) is 0.625. The maximum atomic E-state index is 11.6. The van der Waals surface area contributed by atoms with Crippen LogP contribution in [-0.2, 0) is 0 Å². The molecule has 0 bridgehead atoms. The zero-order chi connectivity index (χ0) is 16.1. The number of anilines is 2. The van der Waals surface area contributed by atoms with Crippen LogP contribution in [-0.4, -0.2) is 34.7 Å². The molecule has 1 aromatic heterocycles. The zero-order valence-corrected chi connectivity index (χ0v) is 13.3. The van der Waals surface area contributed by atoms with E-state index in [1.165, 1.54) is 0 Å². The molecule has 0 aromatic carbocycles. The summed E-state index contributed by atoms with van der Waals surface area (Å²) in [5, 5.41) is 15.8. The first-order valence-corrected chi connectivity index (χ1v) is 7.94. The Kier molecular flexibility index (Phi) is 5.60. The van der Waals surface area contributed by atoms with Crippen molar-refractivity contribution in [3.05, 3.63) is 17.7 Å². The largest absolute Gasteiger partial charge is 0.396 e. The normalized spacial score (nSPS) is 21.6. The number of nitrogens with one attached hydrogen (secondary N) is 2. The number of aliphatic hydroxyl groups excluding tert-OH is 1. The molecule has 122 valence electrons. The van der Waals surface area contributed by atoms with Crippen molar-refractivity contribution in [2.24, 2.45) is 11.7 Å². The predicted molar refractivity (Wildman–Crippen MR) is 88.0 cm³/mol. The number of aliphatic hydroxyl groups is 1. The van der Waals surface area contributed by atoms with Crippen LogP contribution in [0.3, 0.4) is 0 Å². The average Bonchev–Trinajstić information content (AvgIpc) is 2.47. The van der Waals surface area contributed by atoms with Gasteiger partial charge in [0.2, 0.25) is 0 Å². The van der Waals surface area contributed by atoms with Gasteiger partial charge in [-0.1, -0.05) is 0 Å². The lowest BCUT2D eigenvalue weighted by molar-refractivity contribution is 0.100. The molecule has 1 saturated carbocycles. The molecule has 0 aliphatic heterocycles. The number of hydrogen-bond acceptors (Lipinski definition) is 5. The number of primary amides is 1. The number of nitrogens with zero attached hydrogens (tertiary/aromatic N) is 1. The van der Waals surface area contributed by atoms with Crippen LogP contribution in [0.25, 0.3) is 0 Å². The molecule has 22 heavy (non-hydrogen) atoms. The fourth-order valence-electron chi connectivity index (χ4n) is 2.83. The molecule has 1 heterocycles. The number of rotatable bonds is 6. The Morgan fingerprint density at radius 1 is 1.36 bits per heavy atom. The maximum absolute atomic E-state index is 11.6. The van der Waals surface area contributed by atoms with Crippen molar-refractivity contribution in [2.45, 2.75) is 51.6 Å². The number of pyridine rings is 1. The number of carbonyl (C=O) groups is 1. The molecule has 1 aliphatic rings. The number of nitrogens with two attached hydrogens (primary N) is 1. The highest BCUT2D eigenvalue weighted by atomic mass is 16.3. The minimum absolute atomic E-state index is 0.255. The lowest BCUT2D eigenvalue weighted by Gasteiger charge is -2.29. The van der Waals surface area contributed by atoms with E-state index in [1.807, 2.05) is 13.8 Å². The van der Waals surface area contributed by atoms with E-state index in [-0.39, 0.29) is 18.7 Å². The standard InChI is InChI=1S/C16H26N4O2/c1-10(2)18-14-8-7-13(15(17)22)16(20-14)19-12-5-3-11(9-21)4-6-12/h7-8,10-12,21H,3-6,9H2,1-2H3,(H2,17,22)(H2,18,19,20). The molecule has 0 unspecified atom stereocenters. The molecule has 0 radical (unpaired) electrons. The van der Waals surface area contributed by atoms with Gasteiger partial charge in [0.25, 0.3) is 5.91 Å². The van der Waals surface area contributed by atoms with E-state index >= 15 is 0 Å². The third kappa shape index (κ3) is 4.34. The Morgan fingerprint density at radius 2 is 2.05 bits per heavy atom. The van der Waals surface area contributed by atoms with E-state index in [4.69, 9.17) is 5.73 Å². The minimum atomic E-state index is -0.477. The van der Waals surface area contributed by atoms with Gasteiger partial charge in [-0.2, -0.15) is 0 Å². The second kappa shape index (κ2) is 7.45. The van der Waals surface area contributed by atoms with Crippen LogP contribution in [0.15, 0.2) is 12.1 Å². The van der Waals surface area contributed by atoms with Gasteiger partial charge in [-0.05, 0) is 57.6 Å². The van der Waals surface area contributed by atoms with E-state index in [9.17, 15) is 9.90 Å². The smallest absolute Gasteiger partial charge is 0.252 e. The highest BCUT2D eigenvalue weighted by Crippen LogP contribution is 2.27. The zero-order valence-electron chi connectivity index (χ0n) is 13.3. The number of hydrogen-bond donors (Lipinski definition) is 4. The quantitative estimate of drug-likeness (QED) is 0.644. The topological polar surface area (TPSA) is 100 Å². The van der Waals surface area contributed by atoms with Crippen molar-refractivity contribution >= 4 is 17.5 Å². The lowest BCUT2D eigenvalue weighted by Crippen LogP contribution is -2.29. The Morgan fingerprint density at radius 3 is 2.59 bits per heavy atom. The van der Waals surface area contributed by atoms with Crippen LogP contribution < -0.4 is 16.4 Å². The van der Waals surface area contributed by atoms with Gasteiger partial charge in [-0.25, -0.2) is 4.98 Å². The summed E-state index contributed by atoms with van der Waals surface area (Å²) >= 11 is 0. The first-order chi connectivity index (χ1) is 10.5. The van der Waals surface area contributed by atoms with Crippen molar-refractivity contribution in [2.75, 3.05) is 17.2 Å². The van der Waals surface area contributed by atoms with Gasteiger partial charge < -0.3 is 21.5 Å². The molecule has 1 fully saturated rings. The van der Waals surface area contributed by atoms with Crippen molar-refractivity contribution in [3.8, 4) is 0 Å². The Hall–Kier alpha value is -1.82. The Bertz CT molecular complexity index is 511. The molecule has 1 aliphatic carbocycles. The van der Waals surface area contributed by atoms with Gasteiger partial charge >= 0.3 is 0 Å². The van der Waals surface area contributed by atoms with Crippen molar-refractivity contribution < 1.29 is 9.90 Å². The van der Waals surface area contributed by atoms with Crippen LogP contribution in [0.4, 0.5) is 11.6 Å². The van der Waals surface area contributed by atoms with E-state index in [1.54, 1.807) is 12.1 Å². The number of amides is 1. The molecular formula is C16H26N4O2. The van der Waals surface area contributed by atoms with Gasteiger partial charge in [0.1, 0.15) is 11.6 Å². The van der Waals surface area contributed by atoms with Crippen LogP contribution in [0.2, 0.25) is 0 Å². The van der Waals surface area contributed by atoms with Crippen molar-refractivity contribution in [1.29, 1.82) is 0 Å². The van der Waals surface area contributed by atoms with Gasteiger partial charge in [-0.15, -0.1) is 0 Å². The molecule has 6 heteroatoms. The first kappa shape index (κ1) is 16.5. The summed E-state index contributed by atoms with van der Waals surface area (Å²) in [5.41, 5.74) is 5.86. The molecular weight excluding hydrogens is 280 g/mol. The highest BCUT2D eigenvalue weighted by Gasteiger charge is 2.22. The molecule has 0 spiro atoms. The summed E-state index contributed by atoms with van der Waals surface area (Å²) in [7, 11) is 0. The second-order valence-electron chi connectivity index (χ2n) is 6.30. The van der Waals surface area contributed by atoms with E-state index < -0.39 is 5.91 Å². The van der Waals surface area contributed by atoms with Crippen LogP contribution in [0.5, 0.6) is 0 Å². The van der Waals surface area contributed by atoms with Gasteiger partial charge in [0.15, 0.2) is 0 Å². The summed E-state index contributed by atoms with van der Waals surface area (Å²) < 4.78 is 0. The summed E-state index contributed by atoms with van der Waals surface area (Å²) in [5.74, 6) is 1.20. The maximum Gasteiger partial charge on any atom is 0.252 e. The summed E-state index contributed by atoms with van der Waals surface area (Å²) in [6.45, 7) is 4.32. The van der Waals surface area contributed by atoms with Crippen LogP contribution in [0, 0.1) is 5.92 Å². The van der Waals surface area contributed by atoms with Crippen LogP contribution >= 0.6 is 0 Å². The summed E-state index contributed by atoms with van der Waals surface area (Å²) in [6, 6.07) is 4.01. The third-order valence-corrected chi connectivity index (χ3v) is 4.04. The van der Waals surface area contributed by atoms with E-state index in [0.29, 0.717) is 17.3 Å². The summed E-state index contributed by atoms with van der Waals surface area (Å²) in [4.78, 5) is 16.1. The van der Waals surface area contributed by atoms with Gasteiger partial charge in [-0.3, -0.25) is 4.79 Å². The molecule has 1 amide bonds. The first-order valence-electron chi connectivity index (χ1n) is 7.94. The number of carbonyl (C=O) groups excluding carboxylic acids is 1. The van der Waals surface area contributed by atoms with E-state index in [2.05, 4.69) is 15.6 Å². The SMILES string of the molecule is CC(C)Nc1ccc(C(N)=O)c(NC2CCC(CO)CC2)n1. The van der Waals surface area contributed by atoms with Crippen LogP contribution in [0.1, 0.15) is 49.9 Å². The predicted octanol–water partition coefficient (Wildman–Crippen LogP) is 1.96. The fourth-order valence-corrected chi connectivity index (χ4v) is 2.83. The van der Waals surface area contributed by atoms with Gasteiger partial charge in [0, 0.05) is 18.7 Å². The van der Waals surface area contributed by atoms with Crippen molar-refractivity contribution in [3.63, 3.8) is 0 Å². The van der Waals surface area contributed by atoms with Crippen molar-refractivity contribution in [1.82, 2.24) is 4.98 Å². The molecule has 0 atom stereocenters. The lowest BCUT2D eigenvalue weighted by atomic mass is 9.86. The second-order valence-corrected chi connectivity index (χ2v) is 6.30. The Labute approximate surface area is 131 Å². The molecule has 6 nitrogen and oxygen atoms in total. The molecule has 2 rings (SSSR count). The average molecular weight is 306 g/mol. The third-order valence-electron chi connectivity index (χ3n) is 4.04.